The SMILES string of the molecule is Cc1ccc(-c2cc(N=Cc3ccccc3)n(-c3ccccc3)n2)cc1. The molecule has 0 saturated heterocycles. The average Bonchev–Trinajstić information content (AvgIpc) is 3.13. The van der Waals surface area contributed by atoms with Gasteiger partial charge in [0.15, 0.2) is 5.82 Å². The Morgan fingerprint density at radius 1 is 0.808 bits per heavy atom. The van der Waals surface area contributed by atoms with Crippen molar-refractivity contribution in [3.8, 4) is 16.9 Å². The van der Waals surface area contributed by atoms with Gasteiger partial charge in [0.05, 0.1) is 11.4 Å². The molecule has 0 aliphatic heterocycles. The lowest BCUT2D eigenvalue weighted by Gasteiger charge is -2.03. The molecule has 0 N–H and O–H groups in total. The Morgan fingerprint density at radius 3 is 2.15 bits per heavy atom. The topological polar surface area (TPSA) is 30.2 Å². The molecule has 0 aliphatic rings. The standard InChI is InChI=1S/C23H19N3/c1-18-12-14-20(15-13-18)22-16-23(24-17-19-8-4-2-5-9-19)26(25-22)21-10-6-3-7-11-21/h2-17H,1H3. The summed E-state index contributed by atoms with van der Waals surface area (Å²) in [5, 5.41) is 4.80. The van der Waals surface area contributed by atoms with Crippen molar-refractivity contribution < 1.29 is 0 Å². The number of hydrogen-bond donors (Lipinski definition) is 0. The third-order valence-corrected chi connectivity index (χ3v) is 4.18. The third kappa shape index (κ3) is 3.47. The molecule has 0 unspecified atom stereocenters. The van der Waals surface area contributed by atoms with Gasteiger partial charge in [0.1, 0.15) is 0 Å². The van der Waals surface area contributed by atoms with E-state index in [-0.39, 0.29) is 0 Å². The largest absolute Gasteiger partial charge is 0.236 e. The predicted octanol–water partition coefficient (Wildman–Crippen LogP) is 5.60. The molecule has 0 fully saturated rings. The minimum Gasteiger partial charge on any atom is -0.236 e. The Balaban J connectivity index is 1.78. The molecule has 0 amide bonds. The second-order valence-corrected chi connectivity index (χ2v) is 6.17. The summed E-state index contributed by atoms with van der Waals surface area (Å²) in [6, 6.07) is 30.6. The first-order valence-electron chi connectivity index (χ1n) is 8.61. The highest BCUT2D eigenvalue weighted by Crippen LogP contribution is 2.26. The zero-order chi connectivity index (χ0) is 17.8. The van der Waals surface area contributed by atoms with E-state index in [9.17, 15) is 0 Å². The van der Waals surface area contributed by atoms with Gasteiger partial charge in [-0.1, -0.05) is 78.4 Å². The normalized spacial score (nSPS) is 11.1. The van der Waals surface area contributed by atoms with Crippen LogP contribution in [0.2, 0.25) is 0 Å². The van der Waals surface area contributed by atoms with Gasteiger partial charge in [-0.05, 0) is 24.6 Å². The van der Waals surface area contributed by atoms with Gasteiger partial charge in [-0.2, -0.15) is 5.10 Å². The van der Waals surface area contributed by atoms with Crippen molar-refractivity contribution >= 4 is 12.0 Å². The van der Waals surface area contributed by atoms with E-state index in [0.29, 0.717) is 0 Å². The molecular formula is C23H19N3. The number of nitrogens with zero attached hydrogens (tertiary/aromatic N) is 3. The fraction of sp³-hybridized carbons (Fsp3) is 0.0435. The highest BCUT2D eigenvalue weighted by molar-refractivity contribution is 5.82. The van der Waals surface area contributed by atoms with Crippen molar-refractivity contribution in [2.24, 2.45) is 4.99 Å². The average molecular weight is 337 g/mol. The van der Waals surface area contributed by atoms with Gasteiger partial charge in [-0.25, -0.2) is 9.67 Å². The number of para-hydroxylation sites is 1. The van der Waals surface area contributed by atoms with E-state index in [1.54, 1.807) is 0 Å². The van der Waals surface area contributed by atoms with E-state index in [0.717, 1.165) is 28.3 Å². The van der Waals surface area contributed by atoms with E-state index >= 15 is 0 Å². The highest BCUT2D eigenvalue weighted by Gasteiger charge is 2.10. The van der Waals surface area contributed by atoms with E-state index in [1.165, 1.54) is 5.56 Å². The molecule has 3 heteroatoms. The molecule has 4 rings (SSSR count). The Morgan fingerprint density at radius 2 is 1.46 bits per heavy atom. The van der Waals surface area contributed by atoms with Crippen LogP contribution in [0, 0.1) is 6.92 Å². The zero-order valence-corrected chi connectivity index (χ0v) is 14.6. The quantitative estimate of drug-likeness (QED) is 0.446. The number of rotatable bonds is 4. The van der Waals surface area contributed by atoms with Crippen molar-refractivity contribution in [1.29, 1.82) is 0 Å². The number of aryl methyl sites for hydroxylation is 1. The van der Waals surface area contributed by atoms with Crippen molar-refractivity contribution in [2.75, 3.05) is 0 Å². The lowest BCUT2D eigenvalue weighted by molar-refractivity contribution is 0.885. The van der Waals surface area contributed by atoms with E-state index in [2.05, 4.69) is 31.2 Å². The Bertz CT molecular complexity index is 1010. The van der Waals surface area contributed by atoms with Crippen LogP contribution >= 0.6 is 0 Å². The predicted molar refractivity (Wildman–Crippen MR) is 107 cm³/mol. The van der Waals surface area contributed by atoms with Gasteiger partial charge < -0.3 is 0 Å². The van der Waals surface area contributed by atoms with Crippen LogP contribution in [0.5, 0.6) is 0 Å². The first-order valence-corrected chi connectivity index (χ1v) is 8.61. The summed E-state index contributed by atoms with van der Waals surface area (Å²) in [7, 11) is 0. The minimum absolute atomic E-state index is 0.802. The molecule has 26 heavy (non-hydrogen) atoms. The van der Waals surface area contributed by atoms with Crippen LogP contribution < -0.4 is 0 Å². The Labute approximate surface area is 153 Å². The number of aromatic nitrogens is 2. The molecule has 4 aromatic rings. The first kappa shape index (κ1) is 16.0. The van der Waals surface area contributed by atoms with Gasteiger partial charge in [0, 0.05) is 17.8 Å². The third-order valence-electron chi connectivity index (χ3n) is 4.18. The number of benzene rings is 3. The molecule has 0 aliphatic carbocycles. The van der Waals surface area contributed by atoms with Gasteiger partial charge in [0.2, 0.25) is 0 Å². The van der Waals surface area contributed by atoms with Crippen molar-refractivity contribution in [3.05, 3.63) is 102 Å². The summed E-state index contributed by atoms with van der Waals surface area (Å²) in [4.78, 5) is 4.69. The maximum absolute atomic E-state index is 4.80. The van der Waals surface area contributed by atoms with Crippen LogP contribution in [0.3, 0.4) is 0 Å². The molecule has 3 aromatic carbocycles. The molecular weight excluding hydrogens is 318 g/mol. The molecule has 1 aromatic heterocycles. The lowest BCUT2D eigenvalue weighted by atomic mass is 10.1. The van der Waals surface area contributed by atoms with Crippen LogP contribution in [0.15, 0.2) is 96.0 Å². The molecule has 0 radical (unpaired) electrons. The lowest BCUT2D eigenvalue weighted by Crippen LogP contribution is -1.96. The van der Waals surface area contributed by atoms with Crippen LogP contribution in [-0.4, -0.2) is 16.0 Å². The van der Waals surface area contributed by atoms with Crippen LogP contribution in [-0.2, 0) is 0 Å². The molecule has 0 spiro atoms. The van der Waals surface area contributed by atoms with E-state index in [1.807, 2.05) is 77.6 Å². The summed E-state index contributed by atoms with van der Waals surface area (Å²) in [6.45, 7) is 2.09. The maximum Gasteiger partial charge on any atom is 0.156 e. The van der Waals surface area contributed by atoms with Gasteiger partial charge in [0.25, 0.3) is 0 Å². The summed E-state index contributed by atoms with van der Waals surface area (Å²) < 4.78 is 1.88. The Hall–Kier alpha value is -3.46. The van der Waals surface area contributed by atoms with Crippen LogP contribution in [0.4, 0.5) is 5.82 Å². The molecule has 3 nitrogen and oxygen atoms in total. The monoisotopic (exact) mass is 337 g/mol. The molecule has 0 bridgehead atoms. The van der Waals surface area contributed by atoms with Crippen molar-refractivity contribution in [2.45, 2.75) is 6.92 Å². The second-order valence-electron chi connectivity index (χ2n) is 6.17. The van der Waals surface area contributed by atoms with Crippen molar-refractivity contribution in [3.63, 3.8) is 0 Å². The molecule has 0 atom stereocenters. The van der Waals surface area contributed by atoms with Gasteiger partial charge >= 0.3 is 0 Å². The van der Waals surface area contributed by atoms with Gasteiger partial charge in [-0.15, -0.1) is 0 Å². The highest BCUT2D eigenvalue weighted by atomic mass is 15.3. The fourth-order valence-electron chi connectivity index (χ4n) is 2.77. The number of aliphatic imine (C=N–C) groups is 1. The molecule has 0 saturated carbocycles. The number of hydrogen-bond acceptors (Lipinski definition) is 2. The second kappa shape index (κ2) is 7.19. The smallest absolute Gasteiger partial charge is 0.156 e. The van der Waals surface area contributed by atoms with Crippen molar-refractivity contribution in [1.82, 2.24) is 9.78 Å². The fourth-order valence-corrected chi connectivity index (χ4v) is 2.77. The van der Waals surface area contributed by atoms with Crippen LogP contribution in [0.1, 0.15) is 11.1 Å². The summed E-state index contributed by atoms with van der Waals surface area (Å²) >= 11 is 0. The zero-order valence-electron chi connectivity index (χ0n) is 14.6. The Kier molecular flexibility index (Phi) is 4.44. The molecule has 126 valence electrons. The summed E-state index contributed by atoms with van der Waals surface area (Å²) in [5.41, 5.74) is 5.28. The minimum atomic E-state index is 0.802. The first-order chi connectivity index (χ1) is 12.8. The maximum atomic E-state index is 4.80. The summed E-state index contributed by atoms with van der Waals surface area (Å²) in [6.07, 6.45) is 1.87. The van der Waals surface area contributed by atoms with E-state index < -0.39 is 0 Å². The van der Waals surface area contributed by atoms with Crippen LogP contribution in [0.25, 0.3) is 16.9 Å². The summed E-state index contributed by atoms with van der Waals surface area (Å²) in [5.74, 6) is 0.802. The van der Waals surface area contributed by atoms with Gasteiger partial charge in [-0.3, -0.25) is 0 Å². The van der Waals surface area contributed by atoms with E-state index in [4.69, 9.17) is 10.1 Å². The molecule has 1 heterocycles.